The normalized spacial score (nSPS) is 11.0. The summed E-state index contributed by atoms with van der Waals surface area (Å²) in [5, 5.41) is 9.62. The predicted molar refractivity (Wildman–Crippen MR) is 86.7 cm³/mol. The van der Waals surface area contributed by atoms with Crippen molar-refractivity contribution in [1.29, 1.82) is 0 Å². The van der Waals surface area contributed by atoms with Crippen LogP contribution in [0.25, 0.3) is 16.4 Å². The summed E-state index contributed by atoms with van der Waals surface area (Å²) in [7, 11) is 0. The van der Waals surface area contributed by atoms with Crippen molar-refractivity contribution in [3.8, 4) is 10.8 Å². The minimum atomic E-state index is -0.439. The van der Waals surface area contributed by atoms with E-state index in [1.807, 2.05) is 17.5 Å². The third-order valence-electron chi connectivity index (χ3n) is 3.49. The van der Waals surface area contributed by atoms with Crippen LogP contribution in [0.15, 0.2) is 46.6 Å². The lowest BCUT2D eigenvalue weighted by molar-refractivity contribution is 0.0466. The molecule has 0 saturated carbocycles. The molecule has 0 aromatic carbocycles. The van der Waals surface area contributed by atoms with Crippen molar-refractivity contribution in [2.45, 2.75) is 13.5 Å². The van der Waals surface area contributed by atoms with Crippen LogP contribution >= 0.6 is 11.3 Å². The molecular weight excluding hydrogens is 328 g/mol. The second-order valence-electron chi connectivity index (χ2n) is 5.09. The first-order valence-electron chi connectivity index (χ1n) is 7.17. The van der Waals surface area contributed by atoms with Crippen molar-refractivity contribution < 1.29 is 13.9 Å². The van der Waals surface area contributed by atoms with Gasteiger partial charge in [-0.2, -0.15) is 0 Å². The van der Waals surface area contributed by atoms with E-state index >= 15 is 0 Å². The van der Waals surface area contributed by atoms with E-state index in [0.717, 1.165) is 4.88 Å². The van der Waals surface area contributed by atoms with Gasteiger partial charge in [-0.05, 0) is 30.5 Å². The summed E-state index contributed by atoms with van der Waals surface area (Å²) < 4.78 is 12.6. The number of fused-ring (bicyclic) bond motifs is 1. The first-order chi connectivity index (χ1) is 11.7. The number of hydrogen-bond donors (Lipinski definition) is 0. The van der Waals surface area contributed by atoms with Gasteiger partial charge in [0.1, 0.15) is 24.4 Å². The Morgan fingerprint density at radius 2 is 2.29 bits per heavy atom. The van der Waals surface area contributed by atoms with E-state index in [4.69, 9.17) is 9.15 Å². The van der Waals surface area contributed by atoms with Crippen molar-refractivity contribution in [3.63, 3.8) is 0 Å². The molecule has 0 spiro atoms. The molecule has 0 aliphatic carbocycles. The standard InChI is InChI=1S/C16H12N4O3S/c1-10-12(18-15(23-10)13-3-2-6-24-13)8-22-16(21)11-4-5-14-19-17-9-20(14)7-11/h2-7,9H,8H2,1H3. The number of hydrogen-bond acceptors (Lipinski definition) is 7. The molecule has 0 radical (unpaired) electrons. The van der Waals surface area contributed by atoms with E-state index in [-0.39, 0.29) is 6.61 Å². The Kier molecular flexibility index (Phi) is 3.58. The maximum absolute atomic E-state index is 12.2. The van der Waals surface area contributed by atoms with Gasteiger partial charge in [-0.25, -0.2) is 9.78 Å². The number of carbonyl (C=O) groups excluding carboxylic acids is 1. The third-order valence-corrected chi connectivity index (χ3v) is 4.35. The van der Waals surface area contributed by atoms with Gasteiger partial charge in [-0.3, -0.25) is 4.40 Å². The van der Waals surface area contributed by atoms with Crippen LogP contribution in [0.3, 0.4) is 0 Å². The van der Waals surface area contributed by atoms with E-state index in [1.54, 1.807) is 41.0 Å². The predicted octanol–water partition coefficient (Wildman–Crippen LogP) is 3.11. The van der Waals surface area contributed by atoms with Gasteiger partial charge in [0.2, 0.25) is 5.89 Å². The second-order valence-corrected chi connectivity index (χ2v) is 6.04. The number of nitrogens with zero attached hydrogens (tertiary/aromatic N) is 4. The smallest absolute Gasteiger partial charge is 0.340 e. The van der Waals surface area contributed by atoms with Crippen molar-refractivity contribution in [1.82, 2.24) is 19.6 Å². The molecule has 0 unspecified atom stereocenters. The second kappa shape index (κ2) is 5.89. The highest BCUT2D eigenvalue weighted by Crippen LogP contribution is 2.26. The van der Waals surface area contributed by atoms with Gasteiger partial charge >= 0.3 is 5.97 Å². The molecule has 120 valence electrons. The van der Waals surface area contributed by atoms with Crippen molar-refractivity contribution >= 4 is 23.0 Å². The minimum absolute atomic E-state index is 0.0553. The lowest BCUT2D eigenvalue weighted by Crippen LogP contribution is -2.07. The molecule has 0 aliphatic rings. The summed E-state index contributed by atoms with van der Waals surface area (Å²) >= 11 is 1.54. The largest absolute Gasteiger partial charge is 0.455 e. The number of pyridine rings is 1. The van der Waals surface area contributed by atoms with Gasteiger partial charge in [-0.15, -0.1) is 21.5 Å². The molecule has 0 aliphatic heterocycles. The highest BCUT2D eigenvalue weighted by atomic mass is 32.1. The monoisotopic (exact) mass is 340 g/mol. The number of oxazole rings is 1. The van der Waals surface area contributed by atoms with Gasteiger partial charge in [0.05, 0.1) is 10.4 Å². The first kappa shape index (κ1) is 14.6. The summed E-state index contributed by atoms with van der Waals surface area (Å²) in [6.45, 7) is 1.86. The molecule has 0 saturated heterocycles. The SMILES string of the molecule is Cc1oc(-c2cccs2)nc1COC(=O)c1ccc2nncn2c1. The molecule has 0 fully saturated rings. The topological polar surface area (TPSA) is 82.5 Å². The summed E-state index contributed by atoms with van der Waals surface area (Å²) in [6.07, 6.45) is 3.16. The Morgan fingerprint density at radius 1 is 1.38 bits per heavy atom. The molecular formula is C16H12N4O3S. The molecule has 0 bridgehead atoms. The van der Waals surface area contributed by atoms with Crippen LogP contribution in [-0.4, -0.2) is 25.6 Å². The number of carbonyl (C=O) groups is 1. The summed E-state index contributed by atoms with van der Waals surface area (Å²) in [5.41, 5.74) is 1.69. The number of thiophene rings is 1. The lowest BCUT2D eigenvalue weighted by atomic mass is 10.3. The van der Waals surface area contributed by atoms with Gasteiger partial charge in [0.25, 0.3) is 0 Å². The van der Waals surface area contributed by atoms with Crippen molar-refractivity contribution in [2.24, 2.45) is 0 Å². The van der Waals surface area contributed by atoms with Crippen molar-refractivity contribution in [3.05, 3.63) is 59.2 Å². The van der Waals surface area contributed by atoms with Crippen LogP contribution in [0.2, 0.25) is 0 Å². The zero-order valence-electron chi connectivity index (χ0n) is 12.7. The fourth-order valence-corrected chi connectivity index (χ4v) is 2.88. The van der Waals surface area contributed by atoms with E-state index in [2.05, 4.69) is 15.2 Å². The number of ether oxygens (including phenoxy) is 1. The van der Waals surface area contributed by atoms with Gasteiger partial charge in [-0.1, -0.05) is 6.07 Å². The molecule has 8 heteroatoms. The Hall–Kier alpha value is -3.00. The van der Waals surface area contributed by atoms with E-state index in [9.17, 15) is 4.79 Å². The van der Waals surface area contributed by atoms with Gasteiger partial charge in [0.15, 0.2) is 5.65 Å². The maximum atomic E-state index is 12.2. The van der Waals surface area contributed by atoms with E-state index < -0.39 is 5.97 Å². The average Bonchev–Trinajstić information content (AvgIpc) is 3.32. The molecule has 4 aromatic heterocycles. The molecule has 7 nitrogen and oxygen atoms in total. The Morgan fingerprint density at radius 3 is 3.12 bits per heavy atom. The summed E-state index contributed by atoms with van der Waals surface area (Å²) in [6, 6.07) is 7.22. The van der Waals surface area contributed by atoms with Crippen LogP contribution in [0.4, 0.5) is 0 Å². The minimum Gasteiger partial charge on any atom is -0.455 e. The van der Waals surface area contributed by atoms with Crippen LogP contribution < -0.4 is 0 Å². The third kappa shape index (κ3) is 2.67. The zero-order chi connectivity index (χ0) is 16.5. The molecule has 0 amide bonds. The Bertz CT molecular complexity index is 1000. The zero-order valence-corrected chi connectivity index (χ0v) is 13.5. The van der Waals surface area contributed by atoms with E-state index in [1.165, 1.54) is 6.33 Å². The number of rotatable bonds is 4. The van der Waals surface area contributed by atoms with Gasteiger partial charge < -0.3 is 9.15 Å². The van der Waals surface area contributed by atoms with E-state index in [0.29, 0.717) is 28.6 Å². The molecule has 24 heavy (non-hydrogen) atoms. The quantitative estimate of drug-likeness (QED) is 0.531. The lowest BCUT2D eigenvalue weighted by Gasteiger charge is -2.03. The highest BCUT2D eigenvalue weighted by molar-refractivity contribution is 7.13. The maximum Gasteiger partial charge on any atom is 0.340 e. The van der Waals surface area contributed by atoms with Crippen LogP contribution in [-0.2, 0) is 11.3 Å². The number of esters is 1. The molecule has 0 N–H and O–H groups in total. The van der Waals surface area contributed by atoms with Crippen LogP contribution in [0, 0.1) is 6.92 Å². The van der Waals surface area contributed by atoms with Crippen LogP contribution in [0.1, 0.15) is 21.8 Å². The summed E-state index contributed by atoms with van der Waals surface area (Å²) in [5.74, 6) is 0.741. The molecule has 4 rings (SSSR count). The number of aromatic nitrogens is 4. The Labute approximate surface area is 140 Å². The average molecular weight is 340 g/mol. The van der Waals surface area contributed by atoms with Crippen LogP contribution in [0.5, 0.6) is 0 Å². The first-order valence-corrected chi connectivity index (χ1v) is 8.05. The fraction of sp³-hybridized carbons (Fsp3) is 0.125. The fourth-order valence-electron chi connectivity index (χ4n) is 2.23. The Balaban J connectivity index is 1.49. The van der Waals surface area contributed by atoms with Crippen molar-refractivity contribution in [2.75, 3.05) is 0 Å². The highest BCUT2D eigenvalue weighted by Gasteiger charge is 2.15. The number of aryl methyl sites for hydroxylation is 1. The van der Waals surface area contributed by atoms with Gasteiger partial charge in [0, 0.05) is 6.20 Å². The molecule has 4 heterocycles. The molecule has 0 atom stereocenters. The molecule has 4 aromatic rings. The summed E-state index contributed by atoms with van der Waals surface area (Å²) in [4.78, 5) is 17.5.